The van der Waals surface area contributed by atoms with E-state index in [9.17, 15) is 26.7 Å². The van der Waals surface area contributed by atoms with Crippen molar-refractivity contribution in [3.05, 3.63) is 113 Å². The molecule has 3 aromatic carbocycles. The molecule has 0 bridgehead atoms. The summed E-state index contributed by atoms with van der Waals surface area (Å²) in [6.45, 7) is 0.921. The van der Waals surface area contributed by atoms with E-state index in [1.54, 1.807) is 37.4 Å². The second kappa shape index (κ2) is 11.0. The van der Waals surface area contributed by atoms with Gasteiger partial charge in [-0.2, -0.15) is 13.2 Å². The summed E-state index contributed by atoms with van der Waals surface area (Å²) in [5.41, 5.74) is 0.0759. The molecule has 37 heavy (non-hydrogen) atoms. The number of carbonyl (C=O) groups is 1. The van der Waals surface area contributed by atoms with Crippen LogP contribution >= 0.6 is 0 Å². The summed E-state index contributed by atoms with van der Waals surface area (Å²) in [6.07, 6.45) is -4.65. The Bertz CT molecular complexity index is 1380. The Morgan fingerprint density at radius 2 is 1.62 bits per heavy atom. The minimum Gasteiger partial charge on any atom is -0.351 e. The number of nitrogens with zero attached hydrogens (tertiary/aromatic N) is 2. The van der Waals surface area contributed by atoms with Gasteiger partial charge >= 0.3 is 6.18 Å². The zero-order chi connectivity index (χ0) is 26.6. The van der Waals surface area contributed by atoms with E-state index in [0.717, 1.165) is 12.1 Å². The topological polar surface area (TPSA) is 37.3 Å². The lowest BCUT2D eigenvalue weighted by Gasteiger charge is -2.22. The second-order valence-electron chi connectivity index (χ2n) is 8.54. The van der Waals surface area contributed by atoms with Gasteiger partial charge in [-0.25, -0.2) is 8.78 Å². The number of alkyl halides is 3. The highest BCUT2D eigenvalue weighted by Crippen LogP contribution is 2.37. The van der Waals surface area contributed by atoms with Gasteiger partial charge in [-0.05, 0) is 55.6 Å². The van der Waals surface area contributed by atoms with Gasteiger partial charge in [0.25, 0.3) is 5.91 Å². The average molecular weight is 514 g/mol. The number of halogens is 5. The van der Waals surface area contributed by atoms with E-state index in [4.69, 9.17) is 0 Å². The average Bonchev–Trinajstić information content (AvgIpc) is 3.26. The van der Waals surface area contributed by atoms with Crippen molar-refractivity contribution in [3.8, 4) is 16.9 Å². The van der Waals surface area contributed by atoms with E-state index in [1.165, 1.54) is 34.9 Å². The summed E-state index contributed by atoms with van der Waals surface area (Å²) in [5.74, 6) is -1.90. The third kappa shape index (κ3) is 6.06. The minimum atomic E-state index is -4.65. The van der Waals surface area contributed by atoms with Crippen molar-refractivity contribution in [2.24, 2.45) is 0 Å². The van der Waals surface area contributed by atoms with Gasteiger partial charge in [-0.3, -0.25) is 9.69 Å². The van der Waals surface area contributed by atoms with Gasteiger partial charge in [-0.1, -0.05) is 30.3 Å². The van der Waals surface area contributed by atoms with Crippen molar-refractivity contribution in [2.45, 2.75) is 12.7 Å². The van der Waals surface area contributed by atoms with Crippen molar-refractivity contribution < 1.29 is 26.7 Å². The second-order valence-corrected chi connectivity index (χ2v) is 8.54. The molecule has 4 aromatic rings. The molecule has 192 valence electrons. The number of hydrogen-bond acceptors (Lipinski definition) is 2. The van der Waals surface area contributed by atoms with Gasteiger partial charge in [-0.15, -0.1) is 0 Å². The van der Waals surface area contributed by atoms with Gasteiger partial charge in [0.1, 0.15) is 11.6 Å². The van der Waals surface area contributed by atoms with Crippen LogP contribution in [0.1, 0.15) is 21.6 Å². The van der Waals surface area contributed by atoms with E-state index in [1.807, 2.05) is 11.0 Å². The summed E-state index contributed by atoms with van der Waals surface area (Å²) < 4.78 is 71.3. The summed E-state index contributed by atoms with van der Waals surface area (Å²) in [5, 5.41) is 2.81. The Morgan fingerprint density at radius 1 is 0.919 bits per heavy atom. The molecule has 1 amide bonds. The van der Waals surface area contributed by atoms with Crippen molar-refractivity contribution in [1.29, 1.82) is 0 Å². The maximum atomic E-state index is 14.7. The van der Waals surface area contributed by atoms with Gasteiger partial charge in [0.05, 0.1) is 16.9 Å². The summed E-state index contributed by atoms with van der Waals surface area (Å²) >= 11 is 0. The maximum absolute atomic E-state index is 14.7. The lowest BCUT2D eigenvalue weighted by molar-refractivity contribution is -0.137. The standard InChI is InChI=1S/C28H24F5N3O/c1-35(16-15-34-27(37)19-7-3-2-4-8-19)18-21-12-14-25(22-13-11-20(29)17-24(22)30)36(21)26-10-6-5-9-23(26)28(31,32)33/h2-14,17H,15-16,18H2,1H3,(H,34,37). The predicted octanol–water partition coefficient (Wildman–Crippen LogP) is 6.30. The van der Waals surface area contributed by atoms with Crippen LogP contribution in [-0.2, 0) is 12.7 Å². The number of amides is 1. The largest absolute Gasteiger partial charge is 0.418 e. The van der Waals surface area contributed by atoms with Crippen LogP contribution in [-0.4, -0.2) is 35.5 Å². The first-order chi connectivity index (χ1) is 17.6. The number of benzene rings is 3. The van der Waals surface area contributed by atoms with Crippen LogP contribution in [0.4, 0.5) is 22.0 Å². The molecule has 0 saturated heterocycles. The molecule has 0 spiro atoms. The van der Waals surface area contributed by atoms with Crippen LogP contribution in [0.25, 0.3) is 16.9 Å². The molecular formula is C28H24F5N3O. The lowest BCUT2D eigenvalue weighted by Crippen LogP contribution is -2.33. The number of hydrogen-bond donors (Lipinski definition) is 1. The van der Waals surface area contributed by atoms with Gasteiger partial charge in [0.2, 0.25) is 0 Å². The highest BCUT2D eigenvalue weighted by atomic mass is 19.4. The Balaban J connectivity index is 1.63. The Morgan fingerprint density at radius 3 is 2.32 bits per heavy atom. The molecule has 1 heterocycles. The highest BCUT2D eigenvalue weighted by Gasteiger charge is 2.34. The smallest absolute Gasteiger partial charge is 0.351 e. The van der Waals surface area contributed by atoms with Gasteiger partial charge in [0, 0.05) is 42.5 Å². The molecule has 9 heteroatoms. The van der Waals surface area contributed by atoms with Crippen molar-refractivity contribution in [3.63, 3.8) is 0 Å². The molecule has 0 aliphatic heterocycles. The monoisotopic (exact) mass is 513 g/mol. The molecule has 0 aliphatic carbocycles. The van der Waals surface area contributed by atoms with Crippen LogP contribution in [0.5, 0.6) is 0 Å². The van der Waals surface area contributed by atoms with Gasteiger partial charge in [0.15, 0.2) is 0 Å². The molecule has 0 atom stereocenters. The molecule has 4 nitrogen and oxygen atoms in total. The maximum Gasteiger partial charge on any atom is 0.418 e. The zero-order valence-corrected chi connectivity index (χ0v) is 19.9. The van der Waals surface area contributed by atoms with Crippen molar-refractivity contribution in [1.82, 2.24) is 14.8 Å². The fourth-order valence-electron chi connectivity index (χ4n) is 4.11. The molecular weight excluding hydrogens is 489 g/mol. The fourth-order valence-corrected chi connectivity index (χ4v) is 4.11. The quantitative estimate of drug-likeness (QED) is 0.281. The summed E-state index contributed by atoms with van der Waals surface area (Å²) in [4.78, 5) is 14.1. The minimum absolute atomic E-state index is 0.0256. The lowest BCUT2D eigenvalue weighted by atomic mass is 10.1. The van der Waals surface area contributed by atoms with E-state index < -0.39 is 23.4 Å². The van der Waals surface area contributed by atoms with Gasteiger partial charge < -0.3 is 9.88 Å². The van der Waals surface area contributed by atoms with Crippen LogP contribution in [0, 0.1) is 11.6 Å². The SMILES string of the molecule is CN(CCNC(=O)c1ccccc1)Cc1ccc(-c2ccc(F)cc2F)n1-c1ccccc1C(F)(F)F. The van der Waals surface area contributed by atoms with E-state index in [2.05, 4.69) is 5.32 Å². The molecule has 1 aromatic heterocycles. The number of aromatic nitrogens is 1. The normalized spacial score (nSPS) is 11.6. The Kier molecular flexibility index (Phi) is 7.73. The van der Waals surface area contributed by atoms with Crippen molar-refractivity contribution >= 4 is 5.91 Å². The van der Waals surface area contributed by atoms with Crippen LogP contribution in [0.3, 0.4) is 0 Å². The summed E-state index contributed by atoms with van der Waals surface area (Å²) in [6, 6.07) is 19.9. The summed E-state index contributed by atoms with van der Waals surface area (Å²) in [7, 11) is 1.76. The third-order valence-corrected chi connectivity index (χ3v) is 5.87. The molecule has 0 saturated carbocycles. The third-order valence-electron chi connectivity index (χ3n) is 5.87. The fraction of sp³-hybridized carbons (Fsp3) is 0.179. The van der Waals surface area contributed by atoms with Crippen LogP contribution < -0.4 is 5.32 Å². The predicted molar refractivity (Wildman–Crippen MR) is 131 cm³/mol. The molecule has 0 unspecified atom stereocenters. The van der Waals surface area contributed by atoms with E-state index >= 15 is 0 Å². The zero-order valence-electron chi connectivity index (χ0n) is 19.9. The van der Waals surface area contributed by atoms with Crippen LogP contribution in [0.2, 0.25) is 0 Å². The van der Waals surface area contributed by atoms with Crippen molar-refractivity contribution in [2.75, 3.05) is 20.1 Å². The molecule has 0 radical (unpaired) electrons. The molecule has 0 aliphatic rings. The first-order valence-electron chi connectivity index (χ1n) is 11.5. The number of carbonyl (C=O) groups excluding carboxylic acids is 1. The Hall–Kier alpha value is -3.98. The van der Waals surface area contributed by atoms with Crippen LogP contribution in [0.15, 0.2) is 84.9 Å². The van der Waals surface area contributed by atoms with E-state index in [-0.39, 0.29) is 29.4 Å². The Labute approximate surface area is 211 Å². The number of para-hydroxylation sites is 1. The number of rotatable bonds is 8. The molecule has 1 N–H and O–H groups in total. The number of likely N-dealkylation sites (N-methyl/N-ethyl adjacent to an activating group) is 1. The molecule has 4 rings (SSSR count). The highest BCUT2D eigenvalue weighted by molar-refractivity contribution is 5.94. The first kappa shape index (κ1) is 26.1. The molecule has 0 fully saturated rings. The first-order valence-corrected chi connectivity index (χ1v) is 11.5. The van der Waals surface area contributed by atoms with E-state index in [0.29, 0.717) is 30.4 Å². The number of nitrogens with one attached hydrogen (secondary N) is 1.